The lowest BCUT2D eigenvalue weighted by atomic mass is 10.1. The van der Waals surface area contributed by atoms with E-state index in [4.69, 9.17) is 0 Å². The molecule has 0 radical (unpaired) electrons. The SMILES string of the molecule is O=C(NC[C@H]1CCS(=O)(=O)C1)[C@@H]1CC(=O)N(C2CC2)C1. The van der Waals surface area contributed by atoms with E-state index in [2.05, 4.69) is 5.32 Å². The first kappa shape index (κ1) is 13.9. The van der Waals surface area contributed by atoms with Crippen LogP contribution in [0, 0.1) is 11.8 Å². The van der Waals surface area contributed by atoms with Crippen molar-refractivity contribution in [3.63, 3.8) is 0 Å². The van der Waals surface area contributed by atoms with Crippen LogP contribution in [-0.2, 0) is 19.4 Å². The third kappa shape index (κ3) is 2.97. The van der Waals surface area contributed by atoms with Gasteiger partial charge in [0.25, 0.3) is 0 Å². The molecule has 0 spiro atoms. The Morgan fingerprint density at radius 1 is 1.30 bits per heavy atom. The molecule has 1 aliphatic carbocycles. The van der Waals surface area contributed by atoms with Gasteiger partial charge in [-0.3, -0.25) is 9.59 Å². The molecule has 6 nitrogen and oxygen atoms in total. The Kier molecular flexibility index (Phi) is 3.48. The summed E-state index contributed by atoms with van der Waals surface area (Å²) in [5.41, 5.74) is 0. The molecule has 2 aliphatic heterocycles. The molecular formula is C13H20N2O4S. The molecule has 0 aromatic rings. The molecule has 2 heterocycles. The molecule has 2 atom stereocenters. The monoisotopic (exact) mass is 300 g/mol. The fourth-order valence-electron chi connectivity index (χ4n) is 3.07. The van der Waals surface area contributed by atoms with E-state index in [0.717, 1.165) is 12.8 Å². The lowest BCUT2D eigenvalue weighted by Crippen LogP contribution is -2.36. The van der Waals surface area contributed by atoms with E-state index >= 15 is 0 Å². The molecule has 7 heteroatoms. The average molecular weight is 300 g/mol. The summed E-state index contributed by atoms with van der Waals surface area (Å²) < 4.78 is 22.7. The predicted octanol–water partition coefficient (Wildman–Crippen LogP) is -0.452. The number of sulfone groups is 1. The summed E-state index contributed by atoms with van der Waals surface area (Å²) in [7, 11) is -2.90. The smallest absolute Gasteiger partial charge is 0.225 e. The third-order valence-electron chi connectivity index (χ3n) is 4.41. The zero-order valence-corrected chi connectivity index (χ0v) is 12.2. The number of carbonyl (C=O) groups excluding carboxylic acids is 2. The highest BCUT2D eigenvalue weighted by atomic mass is 32.2. The molecule has 3 fully saturated rings. The van der Waals surface area contributed by atoms with Crippen LogP contribution in [0.2, 0.25) is 0 Å². The molecule has 0 aromatic carbocycles. The zero-order chi connectivity index (χ0) is 14.3. The van der Waals surface area contributed by atoms with E-state index in [0.29, 0.717) is 32.0 Å². The lowest BCUT2D eigenvalue weighted by molar-refractivity contribution is -0.129. The Balaban J connectivity index is 1.47. The first-order valence-corrected chi connectivity index (χ1v) is 9.04. The van der Waals surface area contributed by atoms with Crippen LogP contribution in [0.25, 0.3) is 0 Å². The predicted molar refractivity (Wildman–Crippen MR) is 72.6 cm³/mol. The van der Waals surface area contributed by atoms with Crippen LogP contribution in [0.1, 0.15) is 25.7 Å². The average Bonchev–Trinajstić information content (AvgIpc) is 3.06. The number of hydrogen-bond donors (Lipinski definition) is 1. The lowest BCUT2D eigenvalue weighted by Gasteiger charge is -2.16. The maximum absolute atomic E-state index is 12.1. The summed E-state index contributed by atoms with van der Waals surface area (Å²) in [6.45, 7) is 0.935. The van der Waals surface area contributed by atoms with Gasteiger partial charge in [-0.1, -0.05) is 0 Å². The van der Waals surface area contributed by atoms with Crippen LogP contribution < -0.4 is 5.32 Å². The molecule has 2 saturated heterocycles. The fraction of sp³-hybridized carbons (Fsp3) is 0.846. The molecule has 112 valence electrons. The van der Waals surface area contributed by atoms with Crippen molar-refractivity contribution in [3.05, 3.63) is 0 Å². The Morgan fingerprint density at radius 2 is 2.05 bits per heavy atom. The van der Waals surface area contributed by atoms with Crippen LogP contribution in [0.4, 0.5) is 0 Å². The van der Waals surface area contributed by atoms with Gasteiger partial charge in [-0.15, -0.1) is 0 Å². The van der Waals surface area contributed by atoms with Gasteiger partial charge in [0.05, 0.1) is 17.4 Å². The highest BCUT2D eigenvalue weighted by molar-refractivity contribution is 7.91. The van der Waals surface area contributed by atoms with Crippen LogP contribution in [0.15, 0.2) is 0 Å². The Morgan fingerprint density at radius 3 is 2.65 bits per heavy atom. The topological polar surface area (TPSA) is 83.5 Å². The van der Waals surface area contributed by atoms with Crippen LogP contribution in [0.3, 0.4) is 0 Å². The van der Waals surface area contributed by atoms with Gasteiger partial charge in [-0.2, -0.15) is 0 Å². The Labute approximate surface area is 118 Å². The molecule has 0 aromatic heterocycles. The second kappa shape index (κ2) is 5.02. The minimum Gasteiger partial charge on any atom is -0.355 e. The van der Waals surface area contributed by atoms with Crippen LogP contribution in [0.5, 0.6) is 0 Å². The van der Waals surface area contributed by atoms with E-state index in [1.807, 2.05) is 4.90 Å². The van der Waals surface area contributed by atoms with Crippen molar-refractivity contribution in [2.45, 2.75) is 31.7 Å². The molecular weight excluding hydrogens is 280 g/mol. The van der Waals surface area contributed by atoms with Gasteiger partial charge in [-0.25, -0.2) is 8.42 Å². The molecule has 2 amide bonds. The number of hydrogen-bond acceptors (Lipinski definition) is 4. The van der Waals surface area contributed by atoms with Crippen molar-refractivity contribution in [3.8, 4) is 0 Å². The molecule has 1 saturated carbocycles. The van der Waals surface area contributed by atoms with E-state index in [9.17, 15) is 18.0 Å². The summed E-state index contributed by atoms with van der Waals surface area (Å²) in [6.07, 6.45) is 3.03. The summed E-state index contributed by atoms with van der Waals surface area (Å²) in [5.74, 6) is 0.138. The summed E-state index contributed by atoms with van der Waals surface area (Å²) >= 11 is 0. The number of carbonyl (C=O) groups is 2. The minimum atomic E-state index is -2.90. The number of nitrogens with one attached hydrogen (secondary N) is 1. The van der Waals surface area contributed by atoms with Gasteiger partial charge in [-0.05, 0) is 25.2 Å². The first-order valence-electron chi connectivity index (χ1n) is 7.22. The van der Waals surface area contributed by atoms with Gasteiger partial charge in [0.1, 0.15) is 0 Å². The van der Waals surface area contributed by atoms with Crippen molar-refractivity contribution >= 4 is 21.7 Å². The Bertz CT molecular complexity index is 526. The van der Waals surface area contributed by atoms with E-state index in [1.165, 1.54) is 0 Å². The van der Waals surface area contributed by atoms with Gasteiger partial charge < -0.3 is 10.2 Å². The number of likely N-dealkylation sites (tertiary alicyclic amines) is 1. The van der Waals surface area contributed by atoms with E-state index < -0.39 is 9.84 Å². The fourth-order valence-corrected chi connectivity index (χ4v) is 4.93. The highest BCUT2D eigenvalue weighted by Crippen LogP contribution is 2.32. The van der Waals surface area contributed by atoms with Crippen molar-refractivity contribution < 1.29 is 18.0 Å². The van der Waals surface area contributed by atoms with Crippen molar-refractivity contribution in [1.82, 2.24) is 10.2 Å². The highest BCUT2D eigenvalue weighted by Gasteiger charge is 2.41. The normalized spacial score (nSPS) is 32.6. The van der Waals surface area contributed by atoms with Gasteiger partial charge in [0.2, 0.25) is 11.8 Å². The molecule has 1 N–H and O–H groups in total. The van der Waals surface area contributed by atoms with Gasteiger partial charge >= 0.3 is 0 Å². The van der Waals surface area contributed by atoms with E-state index in [1.54, 1.807) is 0 Å². The minimum absolute atomic E-state index is 0.0283. The molecule has 0 unspecified atom stereocenters. The number of rotatable bonds is 4. The molecule has 3 rings (SSSR count). The second-order valence-corrected chi connectivity index (χ2v) is 8.42. The number of amides is 2. The molecule has 20 heavy (non-hydrogen) atoms. The first-order chi connectivity index (χ1) is 9.44. The third-order valence-corrected chi connectivity index (χ3v) is 6.25. The van der Waals surface area contributed by atoms with Crippen LogP contribution in [-0.4, -0.2) is 55.8 Å². The summed E-state index contributed by atoms with van der Waals surface area (Å²) in [4.78, 5) is 25.7. The van der Waals surface area contributed by atoms with Crippen molar-refractivity contribution in [1.29, 1.82) is 0 Å². The van der Waals surface area contributed by atoms with Crippen molar-refractivity contribution in [2.75, 3.05) is 24.6 Å². The second-order valence-electron chi connectivity index (χ2n) is 6.19. The standard InChI is InChI=1S/C13H20N2O4S/c16-12-5-10(7-15(12)11-1-2-11)13(17)14-6-9-3-4-20(18,19)8-9/h9-11H,1-8H2,(H,14,17)/t9-,10-/m1/s1. The van der Waals surface area contributed by atoms with Crippen molar-refractivity contribution in [2.24, 2.45) is 11.8 Å². The van der Waals surface area contributed by atoms with Crippen LogP contribution >= 0.6 is 0 Å². The van der Waals surface area contributed by atoms with Gasteiger partial charge in [0, 0.05) is 25.6 Å². The van der Waals surface area contributed by atoms with Gasteiger partial charge in [0.15, 0.2) is 9.84 Å². The van der Waals surface area contributed by atoms with E-state index in [-0.39, 0.29) is 35.2 Å². The largest absolute Gasteiger partial charge is 0.355 e. The molecule has 0 bridgehead atoms. The number of nitrogens with zero attached hydrogens (tertiary/aromatic N) is 1. The maximum Gasteiger partial charge on any atom is 0.225 e. The summed E-state index contributed by atoms with van der Waals surface area (Å²) in [5, 5.41) is 2.82. The summed E-state index contributed by atoms with van der Waals surface area (Å²) in [6, 6.07) is 0.361. The molecule has 3 aliphatic rings. The Hall–Kier alpha value is -1.11. The maximum atomic E-state index is 12.1. The quantitative estimate of drug-likeness (QED) is 0.762. The zero-order valence-electron chi connectivity index (χ0n) is 11.4.